The number of carbonyl (C=O) groups is 1. The van der Waals surface area contributed by atoms with Gasteiger partial charge in [-0.05, 0) is 30.9 Å². The topological polar surface area (TPSA) is 86.9 Å². The van der Waals surface area contributed by atoms with E-state index in [-0.39, 0.29) is 5.92 Å². The molecule has 20 heavy (non-hydrogen) atoms. The molecule has 0 saturated heterocycles. The molecular formula is C15H20N4O. The smallest absolute Gasteiger partial charge is 0.239 e. The third kappa shape index (κ3) is 1.98. The first-order valence-corrected chi connectivity index (χ1v) is 7.09. The SMILES string of the molecule is CCc1nc2ccccc2n1CC(N)(C(N)=O)C1CC1. The first kappa shape index (κ1) is 13.1. The number of carbonyl (C=O) groups excluding carboxylic acids is 1. The molecule has 1 aromatic heterocycles. The monoisotopic (exact) mass is 272 g/mol. The lowest BCUT2D eigenvalue weighted by Crippen LogP contribution is -2.57. The van der Waals surface area contributed by atoms with Crippen LogP contribution in [0.2, 0.25) is 0 Å². The molecule has 1 unspecified atom stereocenters. The van der Waals surface area contributed by atoms with E-state index in [0.717, 1.165) is 36.1 Å². The standard InChI is InChI=1S/C15H20N4O/c1-2-13-18-11-5-3-4-6-12(11)19(13)9-15(17,14(16)20)10-7-8-10/h3-6,10H,2,7-9,17H2,1H3,(H2,16,20). The number of aromatic nitrogens is 2. The zero-order valence-electron chi connectivity index (χ0n) is 11.7. The second-order valence-electron chi connectivity index (χ2n) is 5.64. The predicted molar refractivity (Wildman–Crippen MR) is 77.9 cm³/mol. The quantitative estimate of drug-likeness (QED) is 0.857. The van der Waals surface area contributed by atoms with Crippen LogP contribution in [0.25, 0.3) is 11.0 Å². The lowest BCUT2D eigenvalue weighted by Gasteiger charge is -2.27. The Balaban J connectivity index is 2.07. The van der Waals surface area contributed by atoms with E-state index in [2.05, 4.69) is 16.5 Å². The molecule has 5 heteroatoms. The Bertz CT molecular complexity index is 659. The van der Waals surface area contributed by atoms with Crippen molar-refractivity contribution in [3.63, 3.8) is 0 Å². The van der Waals surface area contributed by atoms with Crippen molar-refractivity contribution >= 4 is 16.9 Å². The minimum Gasteiger partial charge on any atom is -0.368 e. The molecule has 1 aliphatic rings. The van der Waals surface area contributed by atoms with Crippen LogP contribution >= 0.6 is 0 Å². The molecule has 0 spiro atoms. The van der Waals surface area contributed by atoms with Crippen molar-refractivity contribution in [3.8, 4) is 0 Å². The fraction of sp³-hybridized carbons (Fsp3) is 0.467. The molecule has 1 aromatic carbocycles. The summed E-state index contributed by atoms with van der Waals surface area (Å²) in [6.45, 7) is 2.47. The number of rotatable bonds is 5. The second kappa shape index (κ2) is 4.59. The summed E-state index contributed by atoms with van der Waals surface area (Å²) in [5.41, 5.74) is 12.9. The summed E-state index contributed by atoms with van der Waals surface area (Å²) in [6, 6.07) is 7.92. The molecule has 0 bridgehead atoms. The van der Waals surface area contributed by atoms with Gasteiger partial charge in [-0.3, -0.25) is 4.79 Å². The van der Waals surface area contributed by atoms with Crippen LogP contribution in [0.1, 0.15) is 25.6 Å². The molecule has 1 fully saturated rings. The van der Waals surface area contributed by atoms with E-state index in [1.807, 2.05) is 24.3 Å². The van der Waals surface area contributed by atoms with Crippen molar-refractivity contribution in [1.29, 1.82) is 0 Å². The maximum Gasteiger partial charge on any atom is 0.239 e. The summed E-state index contributed by atoms with van der Waals surface area (Å²) in [5, 5.41) is 0. The van der Waals surface area contributed by atoms with E-state index >= 15 is 0 Å². The molecule has 3 rings (SSSR count). The van der Waals surface area contributed by atoms with Gasteiger partial charge in [0.2, 0.25) is 5.91 Å². The minimum atomic E-state index is -0.965. The lowest BCUT2D eigenvalue weighted by atomic mass is 9.93. The number of fused-ring (bicyclic) bond motifs is 1. The zero-order chi connectivity index (χ0) is 14.3. The van der Waals surface area contributed by atoms with Gasteiger partial charge in [-0.2, -0.15) is 0 Å². The molecule has 2 aromatic rings. The number of primary amides is 1. The van der Waals surface area contributed by atoms with Crippen LogP contribution in [0.4, 0.5) is 0 Å². The number of aryl methyl sites for hydroxylation is 1. The zero-order valence-corrected chi connectivity index (χ0v) is 11.7. The number of hydrogen-bond acceptors (Lipinski definition) is 3. The summed E-state index contributed by atoms with van der Waals surface area (Å²) in [7, 11) is 0. The van der Waals surface area contributed by atoms with Gasteiger partial charge in [0.25, 0.3) is 0 Å². The Morgan fingerprint density at radius 1 is 1.45 bits per heavy atom. The molecule has 5 nitrogen and oxygen atoms in total. The van der Waals surface area contributed by atoms with Gasteiger partial charge in [0.05, 0.1) is 17.6 Å². The molecule has 1 atom stereocenters. The first-order valence-electron chi connectivity index (χ1n) is 7.09. The van der Waals surface area contributed by atoms with Crippen molar-refractivity contribution in [2.45, 2.75) is 38.3 Å². The summed E-state index contributed by atoms with van der Waals surface area (Å²) in [4.78, 5) is 16.4. The fourth-order valence-electron chi connectivity index (χ4n) is 2.84. The van der Waals surface area contributed by atoms with Gasteiger partial charge < -0.3 is 16.0 Å². The molecule has 0 radical (unpaired) electrons. The van der Waals surface area contributed by atoms with Gasteiger partial charge in [0.15, 0.2) is 0 Å². The number of benzene rings is 1. The number of para-hydroxylation sites is 2. The summed E-state index contributed by atoms with van der Waals surface area (Å²) in [5.74, 6) is 0.730. The van der Waals surface area contributed by atoms with Crippen molar-refractivity contribution in [1.82, 2.24) is 9.55 Å². The average molecular weight is 272 g/mol. The molecular weight excluding hydrogens is 252 g/mol. The third-order valence-electron chi connectivity index (χ3n) is 4.23. The van der Waals surface area contributed by atoms with Gasteiger partial charge in [0.1, 0.15) is 11.4 Å². The molecule has 106 valence electrons. The minimum absolute atomic E-state index is 0.200. The highest BCUT2D eigenvalue weighted by Crippen LogP contribution is 2.39. The predicted octanol–water partition coefficient (Wildman–Crippen LogP) is 1.19. The van der Waals surface area contributed by atoms with E-state index in [9.17, 15) is 4.79 Å². The molecule has 1 heterocycles. The highest BCUT2D eigenvalue weighted by molar-refractivity contribution is 5.85. The van der Waals surface area contributed by atoms with Crippen LogP contribution in [0.15, 0.2) is 24.3 Å². The van der Waals surface area contributed by atoms with E-state index in [1.54, 1.807) is 0 Å². The first-order chi connectivity index (χ1) is 9.56. The second-order valence-corrected chi connectivity index (χ2v) is 5.64. The highest BCUT2D eigenvalue weighted by Gasteiger charge is 2.47. The van der Waals surface area contributed by atoms with Crippen molar-refractivity contribution in [2.24, 2.45) is 17.4 Å². The molecule has 1 aliphatic carbocycles. The highest BCUT2D eigenvalue weighted by atomic mass is 16.1. The average Bonchev–Trinajstić information content (AvgIpc) is 3.23. The maximum atomic E-state index is 11.8. The van der Waals surface area contributed by atoms with E-state index < -0.39 is 11.4 Å². The summed E-state index contributed by atoms with van der Waals surface area (Å²) < 4.78 is 2.05. The van der Waals surface area contributed by atoms with Crippen LogP contribution in [0.5, 0.6) is 0 Å². The molecule has 1 amide bonds. The van der Waals surface area contributed by atoms with Crippen LogP contribution in [0, 0.1) is 5.92 Å². The van der Waals surface area contributed by atoms with Crippen LogP contribution in [-0.4, -0.2) is 21.0 Å². The molecule has 4 N–H and O–H groups in total. The van der Waals surface area contributed by atoms with E-state index in [4.69, 9.17) is 11.5 Å². The van der Waals surface area contributed by atoms with Gasteiger partial charge in [-0.15, -0.1) is 0 Å². The van der Waals surface area contributed by atoms with Gasteiger partial charge in [0, 0.05) is 6.42 Å². The normalized spacial score (nSPS) is 18.1. The Labute approximate surface area is 118 Å². The number of hydrogen-bond donors (Lipinski definition) is 2. The number of amides is 1. The van der Waals surface area contributed by atoms with Gasteiger partial charge in [-0.1, -0.05) is 19.1 Å². The number of nitrogens with two attached hydrogens (primary N) is 2. The number of imidazole rings is 1. The largest absolute Gasteiger partial charge is 0.368 e. The Morgan fingerprint density at radius 2 is 2.15 bits per heavy atom. The lowest BCUT2D eigenvalue weighted by molar-refractivity contribution is -0.124. The Hall–Kier alpha value is -1.88. The fourth-order valence-corrected chi connectivity index (χ4v) is 2.84. The Kier molecular flexibility index (Phi) is 3.01. The van der Waals surface area contributed by atoms with Crippen LogP contribution in [-0.2, 0) is 17.8 Å². The van der Waals surface area contributed by atoms with Crippen molar-refractivity contribution in [2.75, 3.05) is 0 Å². The maximum absolute atomic E-state index is 11.8. The third-order valence-corrected chi connectivity index (χ3v) is 4.23. The van der Waals surface area contributed by atoms with Crippen molar-refractivity contribution in [3.05, 3.63) is 30.1 Å². The molecule has 1 saturated carbocycles. The van der Waals surface area contributed by atoms with E-state index in [1.165, 1.54) is 0 Å². The van der Waals surface area contributed by atoms with Gasteiger partial charge in [-0.25, -0.2) is 4.98 Å². The van der Waals surface area contributed by atoms with Crippen molar-refractivity contribution < 1.29 is 4.79 Å². The summed E-state index contributed by atoms with van der Waals surface area (Å²) >= 11 is 0. The van der Waals surface area contributed by atoms with Gasteiger partial charge >= 0.3 is 0 Å². The van der Waals surface area contributed by atoms with Crippen LogP contribution < -0.4 is 11.5 Å². The summed E-state index contributed by atoms with van der Waals surface area (Å²) in [6.07, 6.45) is 2.76. The Morgan fingerprint density at radius 3 is 2.75 bits per heavy atom. The molecule has 0 aliphatic heterocycles. The van der Waals surface area contributed by atoms with E-state index in [0.29, 0.717) is 6.54 Å². The van der Waals surface area contributed by atoms with Crippen LogP contribution in [0.3, 0.4) is 0 Å². The number of nitrogens with zero attached hydrogens (tertiary/aromatic N) is 2.